The molecule has 0 radical (unpaired) electrons. The van der Waals surface area contributed by atoms with Gasteiger partial charge in [0.15, 0.2) is 0 Å². The first-order valence-electron chi connectivity index (χ1n) is 12.3. The lowest BCUT2D eigenvalue weighted by Gasteiger charge is -2.53. The van der Waals surface area contributed by atoms with E-state index in [2.05, 4.69) is 34.9 Å². The predicted octanol–water partition coefficient (Wildman–Crippen LogP) is 4.02. The van der Waals surface area contributed by atoms with Gasteiger partial charge in [-0.05, 0) is 73.9 Å². The Morgan fingerprint density at radius 1 is 1.00 bits per heavy atom. The highest BCUT2D eigenvalue weighted by Crippen LogP contribution is 2.81. The Bertz CT molecular complexity index is 1180. The minimum atomic E-state index is -0.597. The molecule has 0 N–H and O–H groups in total. The number of nitrogens with zero attached hydrogens (tertiary/aromatic N) is 2. The van der Waals surface area contributed by atoms with Crippen LogP contribution in [0, 0.1) is 17.3 Å². The summed E-state index contributed by atoms with van der Waals surface area (Å²) in [7, 11) is 1.50. The number of benzene rings is 2. The van der Waals surface area contributed by atoms with Gasteiger partial charge in [-0.25, -0.2) is 0 Å². The number of hydrogen-bond acceptors (Lipinski definition) is 4. The van der Waals surface area contributed by atoms with Gasteiger partial charge in [-0.1, -0.05) is 43.3 Å². The van der Waals surface area contributed by atoms with Gasteiger partial charge in [0.05, 0.1) is 18.6 Å². The van der Waals surface area contributed by atoms with Crippen molar-refractivity contribution >= 4 is 17.6 Å². The summed E-state index contributed by atoms with van der Waals surface area (Å²) < 4.78 is 5.46. The minimum absolute atomic E-state index is 0.00910. The zero-order chi connectivity index (χ0) is 22.6. The second-order valence-corrected chi connectivity index (χ2v) is 10.8. The van der Waals surface area contributed by atoms with Crippen LogP contribution in [0.2, 0.25) is 0 Å². The number of rotatable bonds is 2. The molecular formula is C28H30N2O3. The van der Waals surface area contributed by atoms with Gasteiger partial charge >= 0.3 is 5.97 Å². The zero-order valence-corrected chi connectivity index (χ0v) is 19.3. The second kappa shape index (κ2) is 6.26. The van der Waals surface area contributed by atoms with Crippen molar-refractivity contribution in [2.24, 2.45) is 17.3 Å². The summed E-state index contributed by atoms with van der Waals surface area (Å²) in [5, 5.41) is 0. The van der Waals surface area contributed by atoms with Crippen molar-refractivity contribution in [3.63, 3.8) is 0 Å². The molecule has 4 unspecified atom stereocenters. The highest BCUT2D eigenvalue weighted by Gasteiger charge is 2.88. The zero-order valence-electron chi connectivity index (χ0n) is 19.3. The van der Waals surface area contributed by atoms with Crippen molar-refractivity contribution in [1.82, 2.24) is 4.90 Å². The molecule has 5 heteroatoms. The quantitative estimate of drug-likeness (QED) is 0.660. The van der Waals surface area contributed by atoms with Gasteiger partial charge in [0.2, 0.25) is 0 Å². The molecule has 3 heterocycles. The van der Waals surface area contributed by atoms with Crippen LogP contribution in [0.5, 0.6) is 0 Å². The number of fused-ring (bicyclic) bond motifs is 1. The molecule has 5 aliphatic rings. The van der Waals surface area contributed by atoms with E-state index in [0.717, 1.165) is 44.5 Å². The predicted molar refractivity (Wildman–Crippen MR) is 125 cm³/mol. The van der Waals surface area contributed by atoms with Crippen molar-refractivity contribution in [2.45, 2.75) is 49.6 Å². The first kappa shape index (κ1) is 19.8. The normalized spacial score (nSPS) is 39.8. The molecule has 2 saturated heterocycles. The number of ether oxygens (including phenoxy) is 1. The van der Waals surface area contributed by atoms with E-state index in [1.54, 1.807) is 0 Å². The number of piperidine rings is 1. The molecule has 170 valence electrons. The van der Waals surface area contributed by atoms with Gasteiger partial charge in [-0.3, -0.25) is 19.4 Å². The number of anilines is 1. The highest BCUT2D eigenvalue weighted by molar-refractivity contribution is 6.10. The van der Waals surface area contributed by atoms with Crippen molar-refractivity contribution in [2.75, 3.05) is 25.1 Å². The molecule has 2 aliphatic carbocycles. The lowest BCUT2D eigenvalue weighted by molar-refractivity contribution is -0.150. The van der Waals surface area contributed by atoms with Crippen LogP contribution in [0.1, 0.15) is 48.5 Å². The standard InChI is InChI=1S/C28H30N2O3/c1-18-26-13-8-15-29-16-14-27(25(26)29)20-11-6-7-12-22(20)30(23(31)19-9-4-3-5-10-19)28(18,27)21(17-26)24(32)33-2/h3-7,9-12,18,21,25H,8,13-17H2,1-2H3/t18-,21?,25-,26?,27?,28?/m0/s1. The summed E-state index contributed by atoms with van der Waals surface area (Å²) in [6.45, 7) is 4.49. The van der Waals surface area contributed by atoms with Crippen LogP contribution < -0.4 is 4.90 Å². The molecular weight excluding hydrogens is 412 g/mol. The Morgan fingerprint density at radius 2 is 1.76 bits per heavy atom. The van der Waals surface area contributed by atoms with Crippen molar-refractivity contribution in [3.05, 3.63) is 65.7 Å². The minimum Gasteiger partial charge on any atom is -0.469 e. The van der Waals surface area contributed by atoms with Crippen molar-refractivity contribution in [3.8, 4) is 0 Å². The summed E-state index contributed by atoms with van der Waals surface area (Å²) in [5.41, 5.74) is 2.16. The van der Waals surface area contributed by atoms with Gasteiger partial charge in [-0.15, -0.1) is 0 Å². The average Bonchev–Trinajstić information content (AvgIpc) is 3.51. The molecule has 3 spiro atoms. The second-order valence-electron chi connectivity index (χ2n) is 10.8. The van der Waals surface area contributed by atoms with E-state index in [1.165, 1.54) is 12.7 Å². The fraction of sp³-hybridized carbons (Fsp3) is 0.500. The number of methoxy groups -OCH3 is 1. The maximum atomic E-state index is 14.4. The summed E-state index contributed by atoms with van der Waals surface area (Å²) >= 11 is 0. The Balaban J connectivity index is 1.56. The monoisotopic (exact) mass is 442 g/mol. The molecule has 2 aromatic carbocycles. The van der Waals surface area contributed by atoms with E-state index in [1.807, 2.05) is 36.4 Å². The first-order chi connectivity index (χ1) is 16.0. The molecule has 1 amide bonds. The van der Waals surface area contributed by atoms with Gasteiger partial charge in [-0.2, -0.15) is 0 Å². The van der Waals surface area contributed by atoms with Crippen molar-refractivity contribution in [1.29, 1.82) is 0 Å². The smallest absolute Gasteiger partial charge is 0.311 e. The van der Waals surface area contributed by atoms with E-state index >= 15 is 0 Å². The Morgan fingerprint density at radius 3 is 2.55 bits per heavy atom. The van der Waals surface area contributed by atoms with E-state index in [0.29, 0.717) is 11.6 Å². The van der Waals surface area contributed by atoms with Crippen molar-refractivity contribution < 1.29 is 14.3 Å². The number of carbonyl (C=O) groups excluding carboxylic acids is 2. The third kappa shape index (κ3) is 1.90. The molecule has 2 saturated carbocycles. The third-order valence-corrected chi connectivity index (χ3v) is 10.3. The molecule has 5 nitrogen and oxygen atoms in total. The first-order valence-corrected chi connectivity index (χ1v) is 12.3. The van der Waals surface area contributed by atoms with Gasteiger partial charge in [0, 0.05) is 22.7 Å². The number of para-hydroxylation sites is 1. The molecule has 7 rings (SSSR count). The Labute approximate surface area is 194 Å². The van der Waals surface area contributed by atoms with Gasteiger partial charge in [0.25, 0.3) is 5.91 Å². The van der Waals surface area contributed by atoms with E-state index in [9.17, 15) is 9.59 Å². The van der Waals surface area contributed by atoms with Crippen LogP contribution in [-0.2, 0) is 14.9 Å². The molecule has 2 bridgehead atoms. The maximum Gasteiger partial charge on any atom is 0.311 e. The molecule has 6 atom stereocenters. The van der Waals surface area contributed by atoms with E-state index in [4.69, 9.17) is 4.74 Å². The molecule has 0 aromatic heterocycles. The SMILES string of the molecule is COC(=O)C1CC23CCCN4CCC5(c6ccccc6N(C(=O)c6ccccc6)C15[C@H]2C)[C@@H]43. The van der Waals surface area contributed by atoms with Gasteiger partial charge in [0.1, 0.15) is 0 Å². The average molecular weight is 443 g/mol. The summed E-state index contributed by atoms with van der Waals surface area (Å²) in [6, 6.07) is 18.5. The number of carbonyl (C=O) groups is 2. The van der Waals surface area contributed by atoms with Crippen LogP contribution in [-0.4, -0.2) is 48.6 Å². The molecule has 2 aromatic rings. The largest absolute Gasteiger partial charge is 0.469 e. The Hall–Kier alpha value is -2.66. The maximum absolute atomic E-state index is 14.4. The summed E-state index contributed by atoms with van der Waals surface area (Å²) in [4.78, 5) is 32.7. The fourth-order valence-corrected chi connectivity index (χ4v) is 9.66. The van der Waals surface area contributed by atoms with Crippen LogP contribution in [0.15, 0.2) is 54.6 Å². The van der Waals surface area contributed by atoms with Crippen LogP contribution in [0.25, 0.3) is 0 Å². The molecule has 3 aliphatic heterocycles. The lowest BCUT2D eigenvalue weighted by atomic mass is 9.56. The molecule has 33 heavy (non-hydrogen) atoms. The third-order valence-electron chi connectivity index (χ3n) is 10.3. The van der Waals surface area contributed by atoms with E-state index < -0.39 is 5.54 Å². The van der Waals surface area contributed by atoms with Crippen LogP contribution >= 0.6 is 0 Å². The topological polar surface area (TPSA) is 49.9 Å². The van der Waals surface area contributed by atoms with Crippen LogP contribution in [0.3, 0.4) is 0 Å². The van der Waals surface area contributed by atoms with Crippen LogP contribution in [0.4, 0.5) is 5.69 Å². The number of esters is 1. The van der Waals surface area contributed by atoms with Gasteiger partial charge < -0.3 is 4.74 Å². The highest BCUT2D eigenvalue weighted by atomic mass is 16.5. The molecule has 4 fully saturated rings. The lowest BCUT2D eigenvalue weighted by Crippen LogP contribution is -2.67. The summed E-state index contributed by atoms with van der Waals surface area (Å²) in [5.74, 6) is -0.247. The fourth-order valence-electron chi connectivity index (χ4n) is 9.66. The van der Waals surface area contributed by atoms with E-state index in [-0.39, 0.29) is 34.5 Å². The number of hydrogen-bond donors (Lipinski definition) is 0. The summed E-state index contributed by atoms with van der Waals surface area (Å²) in [6.07, 6.45) is 4.10. The number of amides is 1. The Kier molecular flexibility index (Phi) is 3.75.